The van der Waals surface area contributed by atoms with Crippen molar-refractivity contribution in [2.24, 2.45) is 5.73 Å². The average molecular weight is 228 g/mol. The molecule has 4 N–H and O–H groups in total. The van der Waals surface area contributed by atoms with Crippen LogP contribution in [0.2, 0.25) is 0 Å². The highest BCUT2D eigenvalue weighted by atomic mass is 16.3. The topological polar surface area (TPSA) is 75.3 Å². The summed E-state index contributed by atoms with van der Waals surface area (Å²) in [5.41, 5.74) is 4.61. The Kier molecular flexibility index (Phi) is 5.22. The molecule has 4 nitrogen and oxygen atoms in total. The molecular formula is C12H24N2O2. The SMILES string of the molecule is CCC(NCC1(O)CCCCCC1)C(N)=O. The smallest absolute Gasteiger partial charge is 0.234 e. The van der Waals surface area contributed by atoms with Gasteiger partial charge in [-0.05, 0) is 19.3 Å². The molecule has 1 aliphatic rings. The van der Waals surface area contributed by atoms with Gasteiger partial charge in [-0.2, -0.15) is 0 Å². The van der Waals surface area contributed by atoms with Gasteiger partial charge in [-0.3, -0.25) is 4.79 Å². The van der Waals surface area contributed by atoms with E-state index < -0.39 is 5.60 Å². The number of nitrogens with two attached hydrogens (primary N) is 1. The Labute approximate surface area is 97.6 Å². The zero-order chi connectivity index (χ0) is 12.0. The van der Waals surface area contributed by atoms with Crippen molar-refractivity contribution >= 4 is 5.91 Å². The molecule has 0 aliphatic heterocycles. The molecule has 4 heteroatoms. The molecule has 1 atom stereocenters. The molecule has 94 valence electrons. The summed E-state index contributed by atoms with van der Waals surface area (Å²) in [5, 5.41) is 13.4. The van der Waals surface area contributed by atoms with Crippen molar-refractivity contribution < 1.29 is 9.90 Å². The Balaban J connectivity index is 2.41. The van der Waals surface area contributed by atoms with Gasteiger partial charge in [-0.15, -0.1) is 0 Å². The number of carbonyl (C=O) groups excluding carboxylic acids is 1. The van der Waals surface area contributed by atoms with Crippen LogP contribution in [0.4, 0.5) is 0 Å². The first-order valence-corrected chi connectivity index (χ1v) is 6.32. The van der Waals surface area contributed by atoms with Gasteiger partial charge in [0.2, 0.25) is 5.91 Å². The number of aliphatic hydroxyl groups is 1. The first-order valence-electron chi connectivity index (χ1n) is 6.32. The number of hydrogen-bond acceptors (Lipinski definition) is 3. The zero-order valence-corrected chi connectivity index (χ0v) is 10.2. The quantitative estimate of drug-likeness (QED) is 0.613. The Morgan fingerprint density at radius 3 is 2.38 bits per heavy atom. The normalized spacial score (nSPS) is 22.4. The maximum absolute atomic E-state index is 11.1. The molecule has 0 bridgehead atoms. The third-order valence-corrected chi connectivity index (χ3v) is 3.46. The third kappa shape index (κ3) is 4.10. The van der Waals surface area contributed by atoms with Gasteiger partial charge in [-0.25, -0.2) is 0 Å². The molecule has 0 aromatic rings. The Bertz CT molecular complexity index is 223. The van der Waals surface area contributed by atoms with Crippen LogP contribution in [0.3, 0.4) is 0 Å². The van der Waals surface area contributed by atoms with E-state index in [1.54, 1.807) is 0 Å². The number of rotatable bonds is 5. The van der Waals surface area contributed by atoms with E-state index in [1.165, 1.54) is 12.8 Å². The molecule has 1 unspecified atom stereocenters. The van der Waals surface area contributed by atoms with Gasteiger partial charge in [0.1, 0.15) is 0 Å². The van der Waals surface area contributed by atoms with Crippen LogP contribution in [0.1, 0.15) is 51.9 Å². The molecule has 16 heavy (non-hydrogen) atoms. The molecule has 1 rings (SSSR count). The van der Waals surface area contributed by atoms with Gasteiger partial charge >= 0.3 is 0 Å². The molecule has 0 aromatic carbocycles. The first-order chi connectivity index (χ1) is 7.57. The number of hydrogen-bond donors (Lipinski definition) is 3. The van der Waals surface area contributed by atoms with Crippen molar-refractivity contribution in [2.45, 2.75) is 63.5 Å². The fourth-order valence-electron chi connectivity index (χ4n) is 2.32. The van der Waals surface area contributed by atoms with E-state index in [9.17, 15) is 9.90 Å². The van der Waals surface area contributed by atoms with Gasteiger partial charge in [0, 0.05) is 6.54 Å². The van der Waals surface area contributed by atoms with Crippen LogP contribution in [-0.2, 0) is 4.79 Å². The van der Waals surface area contributed by atoms with Gasteiger partial charge in [-0.1, -0.05) is 32.6 Å². The van der Waals surface area contributed by atoms with E-state index in [4.69, 9.17) is 5.73 Å². The van der Waals surface area contributed by atoms with E-state index in [2.05, 4.69) is 5.32 Å². The Morgan fingerprint density at radius 2 is 1.94 bits per heavy atom. The highest BCUT2D eigenvalue weighted by Crippen LogP contribution is 2.26. The standard InChI is InChI=1S/C12H24N2O2/c1-2-10(11(13)15)14-9-12(16)7-5-3-4-6-8-12/h10,14,16H,2-9H2,1H3,(H2,13,15). The summed E-state index contributed by atoms with van der Waals surface area (Å²) >= 11 is 0. The number of primary amides is 1. The maximum atomic E-state index is 11.1. The number of nitrogens with one attached hydrogen (secondary N) is 1. The van der Waals surface area contributed by atoms with E-state index >= 15 is 0 Å². The molecular weight excluding hydrogens is 204 g/mol. The molecule has 0 aromatic heterocycles. The van der Waals surface area contributed by atoms with Crippen LogP contribution in [0.5, 0.6) is 0 Å². The molecule has 0 saturated heterocycles. The molecule has 1 saturated carbocycles. The van der Waals surface area contributed by atoms with Crippen molar-refractivity contribution in [3.63, 3.8) is 0 Å². The van der Waals surface area contributed by atoms with Gasteiger partial charge < -0.3 is 16.2 Å². The summed E-state index contributed by atoms with van der Waals surface area (Å²) < 4.78 is 0. The minimum atomic E-state index is -0.640. The third-order valence-electron chi connectivity index (χ3n) is 3.46. The lowest BCUT2D eigenvalue weighted by Gasteiger charge is -2.28. The van der Waals surface area contributed by atoms with Crippen molar-refractivity contribution in [1.29, 1.82) is 0 Å². The van der Waals surface area contributed by atoms with Crippen molar-refractivity contribution in [1.82, 2.24) is 5.32 Å². The first kappa shape index (κ1) is 13.5. The van der Waals surface area contributed by atoms with Crippen LogP contribution < -0.4 is 11.1 Å². The van der Waals surface area contributed by atoms with E-state index in [1.807, 2.05) is 6.92 Å². The van der Waals surface area contributed by atoms with Crippen LogP contribution in [0.25, 0.3) is 0 Å². The molecule has 0 heterocycles. The Hall–Kier alpha value is -0.610. The van der Waals surface area contributed by atoms with Gasteiger partial charge in [0.15, 0.2) is 0 Å². The van der Waals surface area contributed by atoms with Crippen molar-refractivity contribution in [3.8, 4) is 0 Å². The minimum absolute atomic E-state index is 0.313. The molecule has 0 spiro atoms. The van der Waals surface area contributed by atoms with Crippen LogP contribution in [0, 0.1) is 0 Å². The summed E-state index contributed by atoms with van der Waals surface area (Å²) in [6.07, 6.45) is 6.89. The van der Waals surface area contributed by atoms with Crippen LogP contribution in [0.15, 0.2) is 0 Å². The second-order valence-electron chi connectivity index (χ2n) is 4.88. The predicted octanol–water partition coefficient (Wildman–Crippen LogP) is 0.925. The lowest BCUT2D eigenvalue weighted by molar-refractivity contribution is -0.120. The van der Waals surface area contributed by atoms with Crippen LogP contribution >= 0.6 is 0 Å². The molecule has 1 fully saturated rings. The Morgan fingerprint density at radius 1 is 1.38 bits per heavy atom. The van der Waals surface area contributed by atoms with Gasteiger partial charge in [0.25, 0.3) is 0 Å². The average Bonchev–Trinajstić information content (AvgIpc) is 2.44. The van der Waals surface area contributed by atoms with Gasteiger partial charge in [0.05, 0.1) is 11.6 Å². The largest absolute Gasteiger partial charge is 0.389 e. The zero-order valence-electron chi connectivity index (χ0n) is 10.2. The summed E-state index contributed by atoms with van der Waals surface area (Å²) in [7, 11) is 0. The van der Waals surface area contributed by atoms with Crippen molar-refractivity contribution in [3.05, 3.63) is 0 Å². The summed E-state index contributed by atoms with van der Waals surface area (Å²) in [6.45, 7) is 2.40. The summed E-state index contributed by atoms with van der Waals surface area (Å²) in [4.78, 5) is 11.1. The van der Waals surface area contributed by atoms with Crippen LogP contribution in [-0.4, -0.2) is 29.2 Å². The van der Waals surface area contributed by atoms with E-state index in [0.717, 1.165) is 25.7 Å². The van der Waals surface area contributed by atoms with Crippen molar-refractivity contribution in [2.75, 3.05) is 6.54 Å². The highest BCUT2D eigenvalue weighted by molar-refractivity contribution is 5.79. The highest BCUT2D eigenvalue weighted by Gasteiger charge is 2.28. The van der Waals surface area contributed by atoms with E-state index in [-0.39, 0.29) is 11.9 Å². The molecule has 1 amide bonds. The van der Waals surface area contributed by atoms with E-state index in [0.29, 0.717) is 13.0 Å². The fraction of sp³-hybridized carbons (Fsp3) is 0.917. The lowest BCUT2D eigenvalue weighted by Crippen LogP contribution is -2.48. The summed E-state index contributed by atoms with van der Waals surface area (Å²) in [6, 6.07) is -0.313. The summed E-state index contributed by atoms with van der Waals surface area (Å²) in [5.74, 6) is -0.334. The minimum Gasteiger partial charge on any atom is -0.389 e. The lowest BCUT2D eigenvalue weighted by atomic mass is 9.94. The fourth-order valence-corrected chi connectivity index (χ4v) is 2.32. The maximum Gasteiger partial charge on any atom is 0.234 e. The molecule has 0 radical (unpaired) electrons. The number of amides is 1. The monoisotopic (exact) mass is 228 g/mol. The predicted molar refractivity (Wildman–Crippen MR) is 63.9 cm³/mol. The number of carbonyl (C=O) groups is 1. The molecule has 1 aliphatic carbocycles. The second kappa shape index (κ2) is 6.21. The second-order valence-corrected chi connectivity index (χ2v) is 4.88.